The highest BCUT2D eigenvalue weighted by Crippen LogP contribution is 2.75. The van der Waals surface area contributed by atoms with Gasteiger partial charge in [0, 0.05) is 11.0 Å². The van der Waals surface area contributed by atoms with E-state index in [9.17, 15) is 20.1 Å². The maximum atomic E-state index is 12.4. The Labute approximate surface area is 167 Å². The van der Waals surface area contributed by atoms with E-state index in [4.69, 9.17) is 0 Å². The van der Waals surface area contributed by atoms with Crippen LogP contribution in [0, 0.1) is 34.0 Å². The number of phenols is 2. The summed E-state index contributed by atoms with van der Waals surface area (Å²) in [6.07, 6.45) is 7.37. The lowest BCUT2D eigenvalue weighted by Gasteiger charge is -2.48. The number of fused-ring (bicyclic) bond motifs is 1. The first-order valence-corrected chi connectivity index (χ1v) is 10.5. The Morgan fingerprint density at radius 2 is 1.79 bits per heavy atom. The summed E-state index contributed by atoms with van der Waals surface area (Å²) in [6, 6.07) is 4.50. The van der Waals surface area contributed by atoms with E-state index in [2.05, 4.69) is 27.7 Å². The highest BCUT2D eigenvalue weighted by molar-refractivity contribution is 5.94. The summed E-state index contributed by atoms with van der Waals surface area (Å²) in [4.78, 5) is 12.4. The zero-order valence-electron chi connectivity index (χ0n) is 17.3. The fourth-order valence-electron chi connectivity index (χ4n) is 7.50. The first-order chi connectivity index (χ1) is 13.0. The second kappa shape index (κ2) is 6.01. The molecule has 0 amide bonds. The Balaban J connectivity index is 1.79. The minimum Gasteiger partial charge on any atom is -0.504 e. The van der Waals surface area contributed by atoms with E-state index in [1.165, 1.54) is 25.0 Å². The number of carbonyl (C=O) groups is 1. The van der Waals surface area contributed by atoms with E-state index >= 15 is 0 Å². The van der Waals surface area contributed by atoms with Crippen LogP contribution in [0.15, 0.2) is 23.8 Å². The van der Waals surface area contributed by atoms with Crippen molar-refractivity contribution in [3.63, 3.8) is 0 Å². The van der Waals surface area contributed by atoms with Crippen molar-refractivity contribution in [3.05, 3.63) is 29.3 Å². The Kier molecular flexibility index (Phi) is 4.16. The van der Waals surface area contributed by atoms with E-state index in [0.29, 0.717) is 28.4 Å². The zero-order chi connectivity index (χ0) is 20.5. The van der Waals surface area contributed by atoms with Crippen molar-refractivity contribution in [3.8, 4) is 11.5 Å². The normalized spacial score (nSPS) is 39.0. The van der Waals surface area contributed by atoms with Crippen LogP contribution < -0.4 is 0 Å². The van der Waals surface area contributed by atoms with Gasteiger partial charge in [0.2, 0.25) is 0 Å². The van der Waals surface area contributed by atoms with Crippen LogP contribution in [0.25, 0.3) is 6.08 Å². The van der Waals surface area contributed by atoms with Gasteiger partial charge < -0.3 is 15.3 Å². The molecule has 0 aromatic heterocycles. The predicted molar refractivity (Wildman–Crippen MR) is 109 cm³/mol. The molecule has 2 bridgehead atoms. The van der Waals surface area contributed by atoms with Gasteiger partial charge in [-0.1, -0.05) is 33.8 Å². The van der Waals surface area contributed by atoms with Gasteiger partial charge in [-0.15, -0.1) is 0 Å². The average Bonchev–Trinajstić information content (AvgIpc) is 3.04. The molecule has 3 aliphatic carbocycles. The number of aromatic hydroxyl groups is 2. The van der Waals surface area contributed by atoms with Gasteiger partial charge in [0.15, 0.2) is 11.5 Å². The van der Waals surface area contributed by atoms with Crippen molar-refractivity contribution >= 4 is 12.0 Å². The Hall–Kier alpha value is -1.97. The van der Waals surface area contributed by atoms with Crippen molar-refractivity contribution in [1.82, 2.24) is 0 Å². The van der Waals surface area contributed by atoms with Gasteiger partial charge in [-0.2, -0.15) is 0 Å². The van der Waals surface area contributed by atoms with Crippen molar-refractivity contribution in [2.75, 3.05) is 0 Å². The summed E-state index contributed by atoms with van der Waals surface area (Å²) in [7, 11) is 0. The molecular weight excluding hydrogens is 352 g/mol. The number of carboxylic acid groups (broad SMARTS) is 1. The molecule has 0 heterocycles. The number of phenolic OH excluding ortho intramolecular Hbond substituents is 2. The number of aliphatic carboxylic acids is 1. The highest BCUT2D eigenvalue weighted by Gasteiger charge is 2.68. The van der Waals surface area contributed by atoms with Crippen LogP contribution >= 0.6 is 0 Å². The molecule has 3 aliphatic rings. The van der Waals surface area contributed by atoms with Crippen LogP contribution in [0.4, 0.5) is 0 Å². The highest BCUT2D eigenvalue weighted by atomic mass is 16.4. The van der Waals surface area contributed by atoms with E-state index < -0.39 is 11.4 Å². The van der Waals surface area contributed by atoms with E-state index in [-0.39, 0.29) is 16.9 Å². The number of rotatable bonds is 3. The molecule has 5 atom stereocenters. The van der Waals surface area contributed by atoms with Gasteiger partial charge >= 0.3 is 5.97 Å². The molecule has 0 unspecified atom stereocenters. The van der Waals surface area contributed by atoms with Crippen LogP contribution in [0.3, 0.4) is 0 Å². The molecule has 1 aromatic carbocycles. The Morgan fingerprint density at radius 3 is 2.43 bits per heavy atom. The fourth-order valence-corrected chi connectivity index (χ4v) is 7.50. The van der Waals surface area contributed by atoms with Crippen LogP contribution in [-0.4, -0.2) is 21.3 Å². The molecule has 1 spiro atoms. The summed E-state index contributed by atoms with van der Waals surface area (Å²) in [5.41, 5.74) is 1.13. The van der Waals surface area contributed by atoms with Crippen LogP contribution in [0.2, 0.25) is 0 Å². The number of hydrogen-bond acceptors (Lipinski definition) is 3. The summed E-state index contributed by atoms with van der Waals surface area (Å²) in [5.74, 6) is 0.420. The van der Waals surface area contributed by atoms with Crippen LogP contribution in [0.5, 0.6) is 11.5 Å². The average molecular weight is 385 g/mol. The molecule has 4 heteroatoms. The van der Waals surface area contributed by atoms with Crippen molar-refractivity contribution in [2.45, 2.75) is 59.8 Å². The monoisotopic (exact) mass is 384 g/mol. The number of hydrogen-bond donors (Lipinski definition) is 3. The summed E-state index contributed by atoms with van der Waals surface area (Å²) < 4.78 is 0. The van der Waals surface area contributed by atoms with Gasteiger partial charge in [0.25, 0.3) is 0 Å². The van der Waals surface area contributed by atoms with Gasteiger partial charge in [-0.05, 0) is 84.5 Å². The summed E-state index contributed by atoms with van der Waals surface area (Å²) >= 11 is 0. The molecule has 1 aromatic rings. The van der Waals surface area contributed by atoms with Crippen LogP contribution in [-0.2, 0) is 4.79 Å². The second-order valence-electron chi connectivity index (χ2n) is 10.4. The van der Waals surface area contributed by atoms with Crippen molar-refractivity contribution in [1.29, 1.82) is 0 Å². The van der Waals surface area contributed by atoms with E-state index in [1.807, 2.05) is 0 Å². The van der Waals surface area contributed by atoms with Gasteiger partial charge in [0.1, 0.15) is 0 Å². The molecule has 0 radical (unpaired) electrons. The van der Waals surface area contributed by atoms with Crippen LogP contribution in [0.1, 0.15) is 65.4 Å². The quantitative estimate of drug-likeness (QED) is 0.479. The zero-order valence-corrected chi connectivity index (χ0v) is 17.3. The molecule has 0 aliphatic heterocycles. The van der Waals surface area contributed by atoms with Gasteiger partial charge in [-0.3, -0.25) is 0 Å². The maximum absolute atomic E-state index is 12.4. The second-order valence-corrected chi connectivity index (χ2v) is 10.4. The SMILES string of the molecule is C[C@@H]1CC[C@H]2C(C)(C)[C@H]3C[C@@]12CC[C@@]3(C)/C(=C\c1ccc(O)c(O)c1)C(=O)O. The van der Waals surface area contributed by atoms with E-state index in [1.54, 1.807) is 12.1 Å². The Morgan fingerprint density at radius 1 is 1.07 bits per heavy atom. The lowest BCUT2D eigenvalue weighted by atomic mass is 9.56. The minimum atomic E-state index is -0.882. The molecular formula is C24H32O4. The van der Waals surface area contributed by atoms with Crippen molar-refractivity contribution < 1.29 is 20.1 Å². The molecule has 4 nitrogen and oxygen atoms in total. The smallest absolute Gasteiger partial charge is 0.332 e. The third-order valence-corrected chi connectivity index (χ3v) is 8.98. The first-order valence-electron chi connectivity index (χ1n) is 10.5. The van der Waals surface area contributed by atoms with Gasteiger partial charge in [0.05, 0.1) is 0 Å². The third-order valence-electron chi connectivity index (χ3n) is 8.98. The first kappa shape index (κ1) is 19.4. The molecule has 3 N–H and O–H groups in total. The molecule has 0 saturated heterocycles. The number of benzene rings is 1. The molecule has 3 fully saturated rings. The van der Waals surface area contributed by atoms with Crippen molar-refractivity contribution in [2.24, 2.45) is 34.0 Å². The topological polar surface area (TPSA) is 77.8 Å². The lowest BCUT2D eigenvalue weighted by molar-refractivity contribution is -0.135. The third kappa shape index (κ3) is 2.46. The summed E-state index contributed by atoms with van der Waals surface area (Å²) in [6.45, 7) is 9.25. The number of carboxylic acids is 1. The molecule has 152 valence electrons. The standard InChI is InChI=1S/C24H32O4/c1-14-5-8-19-22(2,3)20-13-24(14,19)10-9-23(20,4)16(21(27)28)11-15-6-7-17(25)18(26)12-15/h6-7,11-12,14,19-20,25-26H,5,8-10,13H2,1-4H3,(H,27,28)/b16-11-/t14-,19+,20-,23+,24+/m1/s1. The Bertz CT molecular complexity index is 854. The minimum absolute atomic E-state index is 0.113. The predicted octanol–water partition coefficient (Wildman–Crippen LogP) is 5.44. The lowest BCUT2D eigenvalue weighted by Crippen LogP contribution is -2.42. The summed E-state index contributed by atoms with van der Waals surface area (Å²) in [5, 5.41) is 29.5. The van der Waals surface area contributed by atoms with Gasteiger partial charge in [-0.25, -0.2) is 4.79 Å². The maximum Gasteiger partial charge on any atom is 0.332 e. The molecule has 28 heavy (non-hydrogen) atoms. The fraction of sp³-hybridized carbons (Fsp3) is 0.625. The molecule has 4 rings (SSSR count). The largest absolute Gasteiger partial charge is 0.504 e. The molecule has 3 saturated carbocycles. The van der Waals surface area contributed by atoms with E-state index in [0.717, 1.165) is 25.2 Å².